The Balaban J connectivity index is 1.59. The number of benzene rings is 2. The van der Waals surface area contributed by atoms with E-state index < -0.39 is 23.7 Å². The van der Waals surface area contributed by atoms with Crippen LogP contribution in [0.3, 0.4) is 0 Å². The molecule has 126 valence electrons. The molecule has 0 spiro atoms. The van der Waals surface area contributed by atoms with Crippen molar-refractivity contribution in [1.29, 1.82) is 0 Å². The molecule has 0 saturated heterocycles. The van der Waals surface area contributed by atoms with Crippen molar-refractivity contribution in [1.82, 2.24) is 10.6 Å². The summed E-state index contributed by atoms with van der Waals surface area (Å²) in [6, 6.07) is 11.5. The van der Waals surface area contributed by atoms with Crippen LogP contribution in [0.1, 0.15) is 29.5 Å². The molecule has 6 heteroatoms. The summed E-state index contributed by atoms with van der Waals surface area (Å²) < 4.78 is 27.5. The molecule has 1 aliphatic rings. The topological polar surface area (TPSA) is 61.4 Å². The molecule has 2 aromatic rings. The van der Waals surface area contributed by atoms with Crippen LogP contribution in [0.15, 0.2) is 48.5 Å². The van der Waals surface area contributed by atoms with Crippen LogP contribution in [-0.4, -0.2) is 23.8 Å². The van der Waals surface area contributed by atoms with Gasteiger partial charge < -0.3 is 15.7 Å². The number of carbonyl (C=O) groups excluding carboxylic acids is 1. The lowest BCUT2D eigenvalue weighted by Gasteiger charge is -2.17. The lowest BCUT2D eigenvalue weighted by Crippen LogP contribution is -2.40. The zero-order chi connectivity index (χ0) is 17.1. The maximum Gasteiger partial charge on any atom is 0.315 e. The van der Waals surface area contributed by atoms with E-state index >= 15 is 0 Å². The fourth-order valence-corrected chi connectivity index (χ4v) is 2.83. The van der Waals surface area contributed by atoms with E-state index in [2.05, 4.69) is 10.6 Å². The molecule has 3 N–H and O–H groups in total. The van der Waals surface area contributed by atoms with Crippen molar-refractivity contribution in [3.05, 3.63) is 71.3 Å². The van der Waals surface area contributed by atoms with E-state index in [-0.39, 0.29) is 24.1 Å². The van der Waals surface area contributed by atoms with Gasteiger partial charge in [-0.25, -0.2) is 13.6 Å². The number of carbonyl (C=O) groups is 1. The molecule has 0 radical (unpaired) electrons. The predicted octanol–water partition coefficient (Wildman–Crippen LogP) is 2.85. The maximum atomic E-state index is 13.7. The van der Waals surface area contributed by atoms with Gasteiger partial charge in [-0.15, -0.1) is 0 Å². The van der Waals surface area contributed by atoms with Crippen LogP contribution in [0.4, 0.5) is 13.6 Å². The number of aliphatic hydroxyl groups is 1. The van der Waals surface area contributed by atoms with E-state index in [1.54, 1.807) is 12.1 Å². The first kappa shape index (κ1) is 16.4. The Labute approximate surface area is 138 Å². The van der Waals surface area contributed by atoms with Crippen LogP contribution in [0.25, 0.3) is 0 Å². The molecule has 1 aliphatic carbocycles. The third kappa shape index (κ3) is 3.54. The van der Waals surface area contributed by atoms with E-state index in [9.17, 15) is 18.7 Å². The molecule has 4 nitrogen and oxygen atoms in total. The van der Waals surface area contributed by atoms with Crippen LogP contribution >= 0.6 is 0 Å². The first-order chi connectivity index (χ1) is 11.6. The zero-order valence-electron chi connectivity index (χ0n) is 12.9. The van der Waals surface area contributed by atoms with Crippen molar-refractivity contribution in [2.45, 2.75) is 24.4 Å². The molecule has 0 heterocycles. The number of hydrogen-bond acceptors (Lipinski definition) is 2. The quantitative estimate of drug-likeness (QED) is 0.788. The monoisotopic (exact) mass is 332 g/mol. The second-order valence-electron chi connectivity index (χ2n) is 5.85. The predicted molar refractivity (Wildman–Crippen MR) is 85.4 cm³/mol. The van der Waals surface area contributed by atoms with Gasteiger partial charge in [0.25, 0.3) is 0 Å². The molecule has 1 saturated carbocycles. The molecule has 0 aromatic heterocycles. The van der Waals surface area contributed by atoms with Crippen LogP contribution < -0.4 is 10.6 Å². The number of amides is 2. The number of urea groups is 1. The SMILES string of the molecule is O=C(N[C@H](CO)c1ccccc1)N[C@@H]1C[C@@H]1c1c(F)cccc1F. The van der Waals surface area contributed by atoms with Gasteiger partial charge in [-0.3, -0.25) is 0 Å². The molecule has 3 atom stereocenters. The van der Waals surface area contributed by atoms with Crippen molar-refractivity contribution < 1.29 is 18.7 Å². The summed E-state index contributed by atoms with van der Waals surface area (Å²) in [6.45, 7) is -0.243. The minimum Gasteiger partial charge on any atom is -0.394 e. The van der Waals surface area contributed by atoms with Crippen LogP contribution in [0.5, 0.6) is 0 Å². The minimum atomic E-state index is -0.595. The highest BCUT2D eigenvalue weighted by Gasteiger charge is 2.42. The second kappa shape index (κ2) is 6.97. The van der Waals surface area contributed by atoms with E-state index in [0.29, 0.717) is 6.42 Å². The number of halogens is 2. The summed E-state index contributed by atoms with van der Waals surface area (Å²) in [6.07, 6.45) is 0.487. The molecular formula is C18H18F2N2O2. The normalized spacial score (nSPS) is 20.3. The molecular weight excluding hydrogens is 314 g/mol. The van der Waals surface area contributed by atoms with Crippen LogP contribution in [0, 0.1) is 11.6 Å². The number of hydrogen-bond donors (Lipinski definition) is 3. The largest absolute Gasteiger partial charge is 0.394 e. The van der Waals surface area contributed by atoms with Gasteiger partial charge in [0.15, 0.2) is 0 Å². The van der Waals surface area contributed by atoms with Crippen LogP contribution in [-0.2, 0) is 0 Å². The van der Waals surface area contributed by atoms with Crippen molar-refractivity contribution >= 4 is 6.03 Å². The summed E-state index contributed by atoms with van der Waals surface area (Å²) in [7, 11) is 0. The van der Waals surface area contributed by atoms with E-state index in [4.69, 9.17) is 0 Å². The highest BCUT2D eigenvalue weighted by Crippen LogP contribution is 2.43. The van der Waals surface area contributed by atoms with Crippen molar-refractivity contribution in [3.8, 4) is 0 Å². The Bertz CT molecular complexity index is 704. The van der Waals surface area contributed by atoms with Gasteiger partial charge in [0, 0.05) is 17.5 Å². The molecule has 2 aromatic carbocycles. The smallest absolute Gasteiger partial charge is 0.315 e. The molecule has 0 unspecified atom stereocenters. The van der Waals surface area contributed by atoms with E-state index in [1.165, 1.54) is 18.2 Å². The molecule has 3 rings (SSSR count). The standard InChI is InChI=1S/C18H18F2N2O2/c19-13-7-4-8-14(20)17(13)12-9-15(12)21-18(24)22-16(10-23)11-5-2-1-3-6-11/h1-8,12,15-16,23H,9-10H2,(H2,21,22,24)/t12-,15+,16+/m0/s1. The fourth-order valence-electron chi connectivity index (χ4n) is 2.83. The Morgan fingerprint density at radius 2 is 1.79 bits per heavy atom. The summed E-state index contributed by atoms with van der Waals surface area (Å²) in [4.78, 5) is 12.1. The van der Waals surface area contributed by atoms with Gasteiger partial charge in [0.1, 0.15) is 11.6 Å². The lowest BCUT2D eigenvalue weighted by molar-refractivity contribution is 0.216. The Morgan fingerprint density at radius 3 is 2.42 bits per heavy atom. The second-order valence-corrected chi connectivity index (χ2v) is 5.85. The van der Waals surface area contributed by atoms with Crippen LogP contribution in [0.2, 0.25) is 0 Å². The average molecular weight is 332 g/mol. The highest BCUT2D eigenvalue weighted by atomic mass is 19.1. The van der Waals surface area contributed by atoms with Gasteiger partial charge >= 0.3 is 6.03 Å². The van der Waals surface area contributed by atoms with Crippen molar-refractivity contribution in [3.63, 3.8) is 0 Å². The summed E-state index contributed by atoms with van der Waals surface area (Å²) in [5.41, 5.74) is 0.798. The van der Waals surface area contributed by atoms with E-state index in [0.717, 1.165) is 5.56 Å². The third-order valence-corrected chi connectivity index (χ3v) is 4.17. The Morgan fingerprint density at radius 1 is 1.12 bits per heavy atom. The number of aliphatic hydroxyl groups excluding tert-OH is 1. The van der Waals surface area contributed by atoms with Gasteiger partial charge in [0.05, 0.1) is 12.6 Å². The van der Waals surface area contributed by atoms with Gasteiger partial charge in [0.2, 0.25) is 0 Å². The van der Waals surface area contributed by atoms with Gasteiger partial charge in [-0.2, -0.15) is 0 Å². The summed E-state index contributed by atoms with van der Waals surface area (Å²) in [5.74, 6) is -1.55. The fraction of sp³-hybridized carbons (Fsp3) is 0.278. The first-order valence-electron chi connectivity index (χ1n) is 7.77. The molecule has 1 fully saturated rings. The van der Waals surface area contributed by atoms with Gasteiger partial charge in [-0.05, 0) is 24.1 Å². The number of rotatable bonds is 5. The first-order valence-corrected chi connectivity index (χ1v) is 7.77. The molecule has 2 amide bonds. The Kier molecular flexibility index (Phi) is 4.76. The lowest BCUT2D eigenvalue weighted by atomic mass is 10.1. The Hall–Kier alpha value is -2.47. The summed E-state index contributed by atoms with van der Waals surface area (Å²) >= 11 is 0. The highest BCUT2D eigenvalue weighted by molar-refractivity contribution is 5.75. The maximum absolute atomic E-state index is 13.7. The average Bonchev–Trinajstić information content (AvgIpc) is 3.31. The van der Waals surface area contributed by atoms with Crippen molar-refractivity contribution in [2.75, 3.05) is 6.61 Å². The van der Waals surface area contributed by atoms with E-state index in [1.807, 2.05) is 18.2 Å². The third-order valence-electron chi connectivity index (χ3n) is 4.17. The number of nitrogens with one attached hydrogen (secondary N) is 2. The molecule has 0 bridgehead atoms. The van der Waals surface area contributed by atoms with Crippen molar-refractivity contribution in [2.24, 2.45) is 0 Å². The molecule has 24 heavy (non-hydrogen) atoms. The molecule has 0 aliphatic heterocycles. The van der Waals surface area contributed by atoms with Gasteiger partial charge in [-0.1, -0.05) is 36.4 Å². The zero-order valence-corrected chi connectivity index (χ0v) is 12.9. The minimum absolute atomic E-state index is 0.0181. The summed E-state index contributed by atoms with van der Waals surface area (Å²) in [5, 5.41) is 14.8.